The fourth-order valence-electron chi connectivity index (χ4n) is 7.18. The Morgan fingerprint density at radius 2 is 1.65 bits per heavy atom. The second-order valence-corrected chi connectivity index (χ2v) is 11.2. The third kappa shape index (κ3) is 5.96. The molecule has 1 amide bonds. The number of carbonyl (C=O) groups excluding carboxylic acids is 1. The lowest BCUT2D eigenvalue weighted by Gasteiger charge is -2.57. The summed E-state index contributed by atoms with van der Waals surface area (Å²) in [5.74, 6) is 3.26. The highest BCUT2D eigenvalue weighted by molar-refractivity contribution is 5.96. The summed E-state index contributed by atoms with van der Waals surface area (Å²) in [4.78, 5) is 15.1. The molecule has 6 rings (SSSR count). The van der Waals surface area contributed by atoms with Crippen molar-refractivity contribution in [2.45, 2.75) is 57.0 Å². The number of nitrogens with zero attached hydrogens (tertiary/aromatic N) is 1. The zero-order chi connectivity index (χ0) is 26.2. The summed E-state index contributed by atoms with van der Waals surface area (Å²) in [5.41, 5.74) is 0.146. The zero-order valence-electron chi connectivity index (χ0n) is 21.1. The molecule has 0 aromatic heterocycles. The van der Waals surface area contributed by atoms with Gasteiger partial charge in [0.1, 0.15) is 18.5 Å². The predicted octanol–water partition coefficient (Wildman–Crippen LogP) is 5.13. The lowest BCUT2D eigenvalue weighted by atomic mass is 9.54. The molecule has 4 fully saturated rings. The number of rotatable bonds is 9. The maximum absolute atomic E-state index is 12.8. The Hall–Kier alpha value is -2.58. The van der Waals surface area contributed by atoms with Crippen LogP contribution in [0.25, 0.3) is 0 Å². The molecule has 1 atom stereocenters. The molecule has 200 valence electrons. The van der Waals surface area contributed by atoms with Crippen LogP contribution >= 0.6 is 0 Å². The second kappa shape index (κ2) is 10.7. The molecule has 2 aromatic rings. The van der Waals surface area contributed by atoms with Crippen molar-refractivity contribution in [2.24, 2.45) is 23.7 Å². The molecule has 1 unspecified atom stereocenters. The normalized spacial score (nSPS) is 27.4. The van der Waals surface area contributed by atoms with Crippen molar-refractivity contribution in [1.82, 2.24) is 10.2 Å². The monoisotopic (exact) mass is 516 g/mol. The summed E-state index contributed by atoms with van der Waals surface area (Å²) in [6, 6.07) is 12.0. The third-order valence-corrected chi connectivity index (χ3v) is 8.48. The summed E-state index contributed by atoms with van der Waals surface area (Å²) >= 11 is 0. The molecule has 37 heavy (non-hydrogen) atoms. The Morgan fingerprint density at radius 1 is 1.03 bits per heavy atom. The molecule has 8 heteroatoms. The van der Waals surface area contributed by atoms with Crippen LogP contribution in [0.1, 0.15) is 53.6 Å². The Morgan fingerprint density at radius 3 is 2.27 bits per heavy atom. The molecular formula is C29H35F3N2O3. The number of carbonyl (C=O) groups is 1. The topological polar surface area (TPSA) is 61.8 Å². The molecule has 2 aromatic carbocycles. The van der Waals surface area contributed by atoms with E-state index < -0.39 is 23.8 Å². The maximum atomic E-state index is 12.8. The molecule has 2 N–H and O–H groups in total. The van der Waals surface area contributed by atoms with Gasteiger partial charge in [0.15, 0.2) is 0 Å². The lowest BCUT2D eigenvalue weighted by molar-refractivity contribution is -0.137. The number of ether oxygens (including phenoxy) is 1. The third-order valence-electron chi connectivity index (χ3n) is 8.48. The maximum Gasteiger partial charge on any atom is 0.416 e. The molecule has 0 radical (unpaired) electrons. The number of nitrogens with one attached hydrogen (secondary N) is 1. The highest BCUT2D eigenvalue weighted by Crippen LogP contribution is 2.54. The molecule has 0 aliphatic heterocycles. The summed E-state index contributed by atoms with van der Waals surface area (Å²) in [7, 11) is 2.11. The summed E-state index contributed by atoms with van der Waals surface area (Å²) in [6.07, 6.45) is 1.62. The van der Waals surface area contributed by atoms with E-state index in [1.165, 1.54) is 44.2 Å². The van der Waals surface area contributed by atoms with Crippen molar-refractivity contribution < 1.29 is 27.8 Å². The molecule has 4 saturated carbocycles. The number of likely N-dealkylation sites (N-methyl/N-ethyl adjacent to an activating group) is 1. The van der Waals surface area contributed by atoms with Gasteiger partial charge in [0.2, 0.25) is 0 Å². The van der Waals surface area contributed by atoms with E-state index in [1.807, 2.05) is 0 Å². The fraction of sp³-hybridized carbons (Fsp3) is 0.552. The summed E-state index contributed by atoms with van der Waals surface area (Å²) in [5, 5.41) is 13.5. The Kier molecular flexibility index (Phi) is 7.50. The van der Waals surface area contributed by atoms with Crippen LogP contribution in [0.4, 0.5) is 13.2 Å². The van der Waals surface area contributed by atoms with Gasteiger partial charge in [-0.1, -0.05) is 24.3 Å². The van der Waals surface area contributed by atoms with Crippen LogP contribution in [0.3, 0.4) is 0 Å². The quantitative estimate of drug-likeness (QED) is 0.485. The average molecular weight is 517 g/mol. The van der Waals surface area contributed by atoms with E-state index in [1.54, 1.807) is 24.3 Å². The number of benzene rings is 2. The van der Waals surface area contributed by atoms with Crippen molar-refractivity contribution in [3.63, 3.8) is 0 Å². The minimum Gasteiger partial charge on any atom is -0.490 e. The van der Waals surface area contributed by atoms with Gasteiger partial charge >= 0.3 is 6.18 Å². The fourth-order valence-corrected chi connectivity index (χ4v) is 7.18. The number of amides is 1. The van der Waals surface area contributed by atoms with Crippen LogP contribution in [-0.2, 0) is 12.7 Å². The first kappa shape index (κ1) is 26.0. The van der Waals surface area contributed by atoms with E-state index in [0.717, 1.165) is 35.8 Å². The number of aliphatic hydroxyl groups excluding tert-OH is 1. The number of hydrogen-bond donors (Lipinski definition) is 2. The number of para-hydroxylation sites is 1. The van der Waals surface area contributed by atoms with E-state index in [-0.39, 0.29) is 13.2 Å². The van der Waals surface area contributed by atoms with Gasteiger partial charge in [0, 0.05) is 19.1 Å². The zero-order valence-corrected chi connectivity index (χ0v) is 21.1. The molecule has 5 nitrogen and oxygen atoms in total. The lowest BCUT2D eigenvalue weighted by Crippen LogP contribution is -2.56. The predicted molar refractivity (Wildman–Crippen MR) is 134 cm³/mol. The van der Waals surface area contributed by atoms with Gasteiger partial charge in [0.25, 0.3) is 5.91 Å². The highest BCUT2D eigenvalue weighted by Gasteiger charge is 2.49. The van der Waals surface area contributed by atoms with Crippen LogP contribution in [0, 0.1) is 23.7 Å². The number of halogens is 3. The molecule has 0 saturated heterocycles. The van der Waals surface area contributed by atoms with E-state index >= 15 is 0 Å². The largest absolute Gasteiger partial charge is 0.490 e. The van der Waals surface area contributed by atoms with Gasteiger partial charge in [-0.25, -0.2) is 0 Å². The van der Waals surface area contributed by atoms with Gasteiger partial charge in [0.05, 0.1) is 11.1 Å². The van der Waals surface area contributed by atoms with E-state index in [2.05, 4.69) is 17.3 Å². The van der Waals surface area contributed by atoms with Crippen molar-refractivity contribution in [3.05, 3.63) is 65.2 Å². The second-order valence-electron chi connectivity index (χ2n) is 11.2. The molecule has 0 spiro atoms. The molecule has 4 bridgehead atoms. The molecule has 4 aliphatic carbocycles. The van der Waals surface area contributed by atoms with Gasteiger partial charge in [-0.15, -0.1) is 0 Å². The highest BCUT2D eigenvalue weighted by atomic mass is 19.4. The van der Waals surface area contributed by atoms with Crippen molar-refractivity contribution in [3.8, 4) is 5.75 Å². The number of alkyl halides is 3. The first-order chi connectivity index (χ1) is 17.7. The van der Waals surface area contributed by atoms with E-state index in [9.17, 15) is 23.1 Å². The van der Waals surface area contributed by atoms with Crippen molar-refractivity contribution in [2.75, 3.05) is 20.2 Å². The van der Waals surface area contributed by atoms with Gasteiger partial charge < -0.3 is 20.1 Å². The van der Waals surface area contributed by atoms with Gasteiger partial charge in [-0.2, -0.15) is 13.2 Å². The smallest absolute Gasteiger partial charge is 0.416 e. The Labute approximate surface area is 216 Å². The first-order valence-electron chi connectivity index (χ1n) is 13.2. The van der Waals surface area contributed by atoms with Crippen molar-refractivity contribution in [1.29, 1.82) is 0 Å². The SMILES string of the molecule is CN(CC(O)COc1ccccc1C(=O)NCc1ccc(C(F)(F)F)cc1)C1C2CC3CC(C2)CC1C3. The minimum absolute atomic E-state index is 0.0703. The van der Waals surface area contributed by atoms with Crippen LogP contribution in [0.15, 0.2) is 48.5 Å². The summed E-state index contributed by atoms with van der Waals surface area (Å²) in [6.45, 7) is 0.681. The van der Waals surface area contributed by atoms with E-state index in [4.69, 9.17) is 4.74 Å². The van der Waals surface area contributed by atoms with Gasteiger partial charge in [-0.05, 0) is 92.7 Å². The number of aliphatic hydroxyl groups is 1. The Balaban J connectivity index is 1.13. The summed E-state index contributed by atoms with van der Waals surface area (Å²) < 4.78 is 44.1. The Bertz CT molecular complexity index is 1060. The average Bonchev–Trinajstić information content (AvgIpc) is 2.85. The number of hydrogen-bond acceptors (Lipinski definition) is 4. The standard InChI is InChI=1S/C29H35F3N2O3/c1-34(27-21-11-19-10-20(13-21)14-22(27)12-19)16-24(35)17-37-26-5-3-2-4-25(26)28(36)33-15-18-6-8-23(9-7-18)29(30,31)32/h2-9,19-22,24,27,35H,10-17H2,1H3,(H,33,36). The van der Waals surface area contributed by atoms with Crippen LogP contribution in [0.5, 0.6) is 5.75 Å². The molecule has 0 heterocycles. The van der Waals surface area contributed by atoms with E-state index in [0.29, 0.717) is 29.5 Å². The molecule has 4 aliphatic rings. The van der Waals surface area contributed by atoms with Crippen LogP contribution in [-0.4, -0.2) is 48.3 Å². The molecular weight excluding hydrogens is 481 g/mol. The van der Waals surface area contributed by atoms with Gasteiger partial charge in [-0.3, -0.25) is 4.79 Å². The first-order valence-corrected chi connectivity index (χ1v) is 13.2. The minimum atomic E-state index is -4.40. The van der Waals surface area contributed by atoms with Crippen LogP contribution < -0.4 is 10.1 Å². The van der Waals surface area contributed by atoms with Crippen molar-refractivity contribution >= 4 is 5.91 Å². The van der Waals surface area contributed by atoms with Crippen LogP contribution in [0.2, 0.25) is 0 Å².